The first kappa shape index (κ1) is 39.8. The summed E-state index contributed by atoms with van der Waals surface area (Å²) in [6.45, 7) is 15.0. The second-order valence-electron chi connectivity index (χ2n) is 12.7. The quantitative estimate of drug-likeness (QED) is 0.140. The molecule has 0 saturated carbocycles. The van der Waals surface area contributed by atoms with E-state index in [2.05, 4.69) is 0 Å². The number of rotatable bonds is 16. The fourth-order valence-electron chi connectivity index (χ4n) is 4.64. The fourth-order valence-corrected chi connectivity index (χ4v) is 4.64. The van der Waals surface area contributed by atoms with Crippen LogP contribution in [0.4, 0.5) is 0 Å². The molecule has 2 rings (SSSR count). The molecule has 2 aliphatic rings. The maximum absolute atomic E-state index is 12.7. The molecule has 0 radical (unpaired) electrons. The lowest BCUT2D eigenvalue weighted by Crippen LogP contribution is -2.65. The number of ether oxygens (including phenoxy) is 8. The monoisotopic (exact) mass is 662 g/mol. The maximum Gasteiger partial charge on any atom is 0.308 e. The summed E-state index contributed by atoms with van der Waals surface area (Å²) in [7, 11) is 0. The van der Waals surface area contributed by atoms with Crippen LogP contribution < -0.4 is 0 Å². The van der Waals surface area contributed by atoms with Gasteiger partial charge in [-0.05, 0) is 19.8 Å². The van der Waals surface area contributed by atoms with Gasteiger partial charge in [0.15, 0.2) is 30.9 Å². The van der Waals surface area contributed by atoms with Crippen molar-refractivity contribution in [3.05, 3.63) is 0 Å². The van der Waals surface area contributed by atoms with E-state index < -0.39 is 103 Å². The molecule has 2 fully saturated rings. The Labute approximate surface area is 271 Å². The number of hydrogen-bond acceptors (Lipinski definition) is 14. The Kier molecular flexibility index (Phi) is 16.3. The lowest BCUT2D eigenvalue weighted by molar-refractivity contribution is -0.365. The van der Waals surface area contributed by atoms with Gasteiger partial charge in [-0.25, -0.2) is 0 Å². The number of hydrogen-bond donors (Lipinski definition) is 2. The largest absolute Gasteiger partial charge is 0.463 e. The second-order valence-corrected chi connectivity index (χ2v) is 12.7. The minimum atomic E-state index is -1.67. The molecule has 4 unspecified atom stereocenters. The summed E-state index contributed by atoms with van der Waals surface area (Å²) in [6, 6.07) is 0. The Balaban J connectivity index is 2.42. The van der Waals surface area contributed by atoms with Crippen LogP contribution in [0.5, 0.6) is 0 Å². The molecule has 266 valence electrons. The Morgan fingerprint density at radius 3 is 1.83 bits per heavy atom. The van der Waals surface area contributed by atoms with Gasteiger partial charge in [0.25, 0.3) is 0 Å². The van der Waals surface area contributed by atoms with Crippen molar-refractivity contribution in [2.45, 2.75) is 149 Å². The molecule has 14 nitrogen and oxygen atoms in total. The highest BCUT2D eigenvalue weighted by Gasteiger charge is 2.54. The van der Waals surface area contributed by atoms with Gasteiger partial charge in [0.2, 0.25) is 0 Å². The van der Waals surface area contributed by atoms with Crippen molar-refractivity contribution in [2.75, 3.05) is 13.2 Å². The molecular formula is C32H54O14. The van der Waals surface area contributed by atoms with E-state index in [1.807, 2.05) is 6.92 Å². The summed E-state index contributed by atoms with van der Waals surface area (Å²) >= 11 is 0. The van der Waals surface area contributed by atoms with Gasteiger partial charge in [0.05, 0.1) is 23.9 Å². The van der Waals surface area contributed by atoms with Crippen LogP contribution >= 0.6 is 0 Å². The van der Waals surface area contributed by atoms with Gasteiger partial charge in [0.1, 0.15) is 31.0 Å². The SMILES string of the molecule is CCCCO[C@@H]1OC(COC(=O)C(C)C)[C@@H](OC(=O)C(C)C)[C@H](O)C1O[C@@H]1OC(C)[C@H](OC(=O)C(C)C)[C@H](OC(=O)CCC)C1O. The van der Waals surface area contributed by atoms with Crippen LogP contribution in [0.15, 0.2) is 0 Å². The maximum atomic E-state index is 12.7. The molecule has 0 aromatic rings. The molecule has 0 aromatic heterocycles. The summed E-state index contributed by atoms with van der Waals surface area (Å²) in [5.74, 6) is -3.85. The molecule has 0 aromatic carbocycles. The van der Waals surface area contributed by atoms with Gasteiger partial charge in [-0.15, -0.1) is 0 Å². The van der Waals surface area contributed by atoms with Gasteiger partial charge < -0.3 is 48.1 Å². The average molecular weight is 663 g/mol. The first-order valence-electron chi connectivity index (χ1n) is 16.3. The van der Waals surface area contributed by atoms with Gasteiger partial charge in [-0.2, -0.15) is 0 Å². The van der Waals surface area contributed by atoms with Gasteiger partial charge in [-0.1, -0.05) is 61.8 Å². The van der Waals surface area contributed by atoms with E-state index in [1.54, 1.807) is 55.4 Å². The lowest BCUT2D eigenvalue weighted by atomic mass is 9.96. The average Bonchev–Trinajstić information content (AvgIpc) is 2.98. The summed E-state index contributed by atoms with van der Waals surface area (Å²) in [5, 5.41) is 23.0. The Hall–Kier alpha value is -2.36. The highest BCUT2D eigenvalue weighted by atomic mass is 16.8. The predicted molar refractivity (Wildman–Crippen MR) is 161 cm³/mol. The zero-order valence-electron chi connectivity index (χ0n) is 28.5. The van der Waals surface area contributed by atoms with Crippen LogP contribution in [0, 0.1) is 17.8 Å². The van der Waals surface area contributed by atoms with E-state index in [-0.39, 0.29) is 19.6 Å². The van der Waals surface area contributed by atoms with Crippen LogP contribution in [0.1, 0.15) is 88.0 Å². The zero-order chi connectivity index (χ0) is 34.7. The van der Waals surface area contributed by atoms with Crippen LogP contribution in [0.2, 0.25) is 0 Å². The van der Waals surface area contributed by atoms with Crippen molar-refractivity contribution in [3.63, 3.8) is 0 Å². The van der Waals surface area contributed by atoms with Crippen LogP contribution in [-0.4, -0.2) is 109 Å². The van der Waals surface area contributed by atoms with Crippen molar-refractivity contribution in [1.82, 2.24) is 0 Å². The van der Waals surface area contributed by atoms with Crippen molar-refractivity contribution in [1.29, 1.82) is 0 Å². The number of unbranched alkanes of at least 4 members (excludes halogenated alkanes) is 1. The molecule has 14 heteroatoms. The number of carbonyl (C=O) groups excluding carboxylic acids is 4. The van der Waals surface area contributed by atoms with Crippen LogP contribution in [0.3, 0.4) is 0 Å². The van der Waals surface area contributed by atoms with Crippen molar-refractivity contribution >= 4 is 23.9 Å². The normalized spacial score (nSPS) is 31.5. The first-order valence-corrected chi connectivity index (χ1v) is 16.3. The number of aliphatic hydroxyl groups is 2. The highest BCUT2D eigenvalue weighted by Crippen LogP contribution is 2.33. The Morgan fingerprint density at radius 1 is 0.696 bits per heavy atom. The van der Waals surface area contributed by atoms with Crippen LogP contribution in [0.25, 0.3) is 0 Å². The Morgan fingerprint density at radius 2 is 1.28 bits per heavy atom. The number of carbonyl (C=O) groups is 4. The third-order valence-corrected chi connectivity index (χ3v) is 7.47. The first-order chi connectivity index (χ1) is 21.6. The van der Waals surface area contributed by atoms with E-state index in [1.165, 1.54) is 0 Å². The summed E-state index contributed by atoms with van der Waals surface area (Å²) in [6.07, 6.45) is -11.4. The van der Waals surface area contributed by atoms with E-state index in [9.17, 15) is 29.4 Å². The van der Waals surface area contributed by atoms with Crippen molar-refractivity contribution in [3.8, 4) is 0 Å². The molecule has 46 heavy (non-hydrogen) atoms. The van der Waals surface area contributed by atoms with E-state index in [0.29, 0.717) is 12.8 Å². The predicted octanol–water partition coefficient (Wildman–Crippen LogP) is 2.43. The standard InChI is InChI=1S/C32H54O14/c1-10-12-14-39-32-27(22(34)25(45-30(38)18(7)8)20(42-32)15-40-28(36)16(3)4)46-31-23(35)26(43-21(33)13-11-2)24(19(9)41-31)44-29(37)17(5)6/h16-20,22-27,31-32,34-35H,10-15H2,1-9H3/t19?,20?,22-,23?,24-,25+,26+,27?,31-,32+/m0/s1. The molecular weight excluding hydrogens is 608 g/mol. The molecule has 0 aliphatic carbocycles. The topological polar surface area (TPSA) is 183 Å². The number of esters is 4. The smallest absolute Gasteiger partial charge is 0.308 e. The third-order valence-electron chi connectivity index (χ3n) is 7.47. The van der Waals surface area contributed by atoms with Gasteiger partial charge in [-0.3, -0.25) is 19.2 Å². The molecule has 0 bridgehead atoms. The summed E-state index contributed by atoms with van der Waals surface area (Å²) < 4.78 is 46.3. The molecule has 2 N–H and O–H groups in total. The summed E-state index contributed by atoms with van der Waals surface area (Å²) in [4.78, 5) is 50.0. The molecule has 0 amide bonds. The van der Waals surface area contributed by atoms with Crippen LogP contribution in [-0.2, 0) is 57.1 Å². The molecule has 2 heterocycles. The molecule has 10 atom stereocenters. The molecule has 2 aliphatic heterocycles. The molecule has 0 spiro atoms. The Bertz CT molecular complexity index is 984. The second kappa shape index (κ2) is 18.8. The number of aliphatic hydroxyl groups excluding tert-OH is 2. The fraction of sp³-hybridized carbons (Fsp3) is 0.875. The van der Waals surface area contributed by atoms with E-state index in [0.717, 1.165) is 6.42 Å². The third kappa shape index (κ3) is 11.1. The highest BCUT2D eigenvalue weighted by molar-refractivity contribution is 5.73. The minimum Gasteiger partial charge on any atom is -0.463 e. The van der Waals surface area contributed by atoms with Gasteiger partial charge in [0, 0.05) is 13.0 Å². The molecule has 2 saturated heterocycles. The van der Waals surface area contributed by atoms with Crippen molar-refractivity contribution < 1.29 is 67.3 Å². The lowest BCUT2D eigenvalue weighted by Gasteiger charge is -2.47. The minimum absolute atomic E-state index is 0.0586. The van der Waals surface area contributed by atoms with Crippen molar-refractivity contribution in [2.24, 2.45) is 17.8 Å². The van der Waals surface area contributed by atoms with E-state index in [4.69, 9.17) is 37.9 Å². The van der Waals surface area contributed by atoms with E-state index >= 15 is 0 Å². The zero-order valence-corrected chi connectivity index (χ0v) is 28.5. The summed E-state index contributed by atoms with van der Waals surface area (Å²) in [5.41, 5.74) is 0. The van der Waals surface area contributed by atoms with Gasteiger partial charge >= 0.3 is 23.9 Å².